The molecule has 1 aromatic carbocycles. The van der Waals surface area contributed by atoms with E-state index in [2.05, 4.69) is 5.10 Å². The average Bonchev–Trinajstić information content (AvgIpc) is 2.50. The molecule has 0 bridgehead atoms. The molecule has 1 aromatic heterocycles. The quantitative estimate of drug-likeness (QED) is 0.781. The van der Waals surface area contributed by atoms with Crippen molar-refractivity contribution in [2.45, 2.75) is 20.0 Å². The average molecular weight is 288 g/mol. The molecule has 21 heavy (non-hydrogen) atoms. The lowest BCUT2D eigenvalue weighted by atomic mass is 10.3. The summed E-state index contributed by atoms with van der Waals surface area (Å²) < 4.78 is 11.5. The van der Waals surface area contributed by atoms with Crippen LogP contribution < -0.4 is 10.3 Å². The van der Waals surface area contributed by atoms with Gasteiger partial charge in [0.15, 0.2) is 6.10 Å². The molecule has 1 heterocycles. The molecular formula is C15H16N2O4. The minimum atomic E-state index is -0.792. The van der Waals surface area contributed by atoms with Crippen molar-refractivity contribution in [1.82, 2.24) is 9.78 Å². The van der Waals surface area contributed by atoms with Crippen molar-refractivity contribution in [3.05, 3.63) is 52.8 Å². The number of carbonyl (C=O) groups excluding carboxylic acids is 1. The van der Waals surface area contributed by atoms with Crippen LogP contribution in [0, 0.1) is 0 Å². The normalized spacial score (nSPS) is 11.7. The molecule has 0 unspecified atom stereocenters. The van der Waals surface area contributed by atoms with Gasteiger partial charge in [-0.15, -0.1) is 5.10 Å². The fourth-order valence-electron chi connectivity index (χ4n) is 1.70. The lowest BCUT2D eigenvalue weighted by Crippen LogP contribution is -2.28. The molecule has 0 saturated carbocycles. The Kier molecular flexibility index (Phi) is 4.71. The fraction of sp³-hybridized carbons (Fsp3) is 0.267. The second kappa shape index (κ2) is 6.69. The first-order valence-corrected chi connectivity index (χ1v) is 6.61. The predicted molar refractivity (Wildman–Crippen MR) is 76.6 cm³/mol. The molecule has 6 nitrogen and oxygen atoms in total. The summed E-state index contributed by atoms with van der Waals surface area (Å²) in [5.41, 5.74) is 0.342. The topological polar surface area (TPSA) is 70.4 Å². The van der Waals surface area contributed by atoms with Crippen LogP contribution >= 0.6 is 0 Å². The second-order valence-electron chi connectivity index (χ2n) is 4.27. The van der Waals surface area contributed by atoms with Crippen molar-refractivity contribution in [3.8, 4) is 11.6 Å². The zero-order chi connectivity index (χ0) is 15.2. The molecule has 0 aliphatic rings. The Morgan fingerprint density at radius 2 is 1.95 bits per heavy atom. The zero-order valence-corrected chi connectivity index (χ0v) is 11.9. The highest BCUT2D eigenvalue weighted by atomic mass is 16.6. The van der Waals surface area contributed by atoms with E-state index in [4.69, 9.17) is 9.47 Å². The van der Waals surface area contributed by atoms with Crippen LogP contribution in [0.25, 0.3) is 5.69 Å². The van der Waals surface area contributed by atoms with Gasteiger partial charge in [-0.1, -0.05) is 18.2 Å². The Labute approximate surface area is 121 Å². The number of aromatic nitrogens is 2. The Balaban J connectivity index is 2.24. The number of rotatable bonds is 5. The lowest BCUT2D eigenvalue weighted by molar-refractivity contribution is -0.150. The van der Waals surface area contributed by atoms with Gasteiger partial charge < -0.3 is 9.47 Å². The summed E-state index contributed by atoms with van der Waals surface area (Å²) >= 11 is 0. The number of esters is 1. The summed E-state index contributed by atoms with van der Waals surface area (Å²) in [6, 6.07) is 11.7. The summed E-state index contributed by atoms with van der Waals surface area (Å²) in [5.74, 6) is -0.296. The first kappa shape index (κ1) is 14.8. The van der Waals surface area contributed by atoms with E-state index in [1.165, 1.54) is 16.8 Å². The second-order valence-corrected chi connectivity index (χ2v) is 4.27. The molecule has 2 aromatic rings. The van der Waals surface area contributed by atoms with Crippen LogP contribution in [0.2, 0.25) is 0 Å². The van der Waals surface area contributed by atoms with E-state index in [0.29, 0.717) is 5.69 Å². The lowest BCUT2D eigenvalue weighted by Gasteiger charge is -2.13. The summed E-state index contributed by atoms with van der Waals surface area (Å²) in [6.07, 6.45) is -0.792. The van der Waals surface area contributed by atoms with E-state index in [-0.39, 0.29) is 18.0 Å². The fourth-order valence-corrected chi connectivity index (χ4v) is 1.70. The van der Waals surface area contributed by atoms with Gasteiger partial charge in [-0.2, -0.15) is 4.68 Å². The number of hydrogen-bond acceptors (Lipinski definition) is 5. The number of ether oxygens (including phenoxy) is 2. The molecule has 0 fully saturated rings. The SMILES string of the molecule is CCOC(=O)[C@@H](C)Oc1ccc(=O)n(-c2ccccc2)n1. The zero-order valence-electron chi connectivity index (χ0n) is 11.9. The Morgan fingerprint density at radius 1 is 1.24 bits per heavy atom. The Hall–Kier alpha value is -2.63. The standard InChI is InChI=1S/C15H16N2O4/c1-3-20-15(19)11(2)21-13-9-10-14(18)17(16-13)12-7-5-4-6-8-12/h4-11H,3H2,1-2H3/t11-/m1/s1. The van der Waals surface area contributed by atoms with Crippen molar-refractivity contribution in [1.29, 1.82) is 0 Å². The minimum Gasteiger partial charge on any atom is -0.463 e. The van der Waals surface area contributed by atoms with Gasteiger partial charge in [0.2, 0.25) is 5.88 Å². The van der Waals surface area contributed by atoms with Crippen LogP contribution in [0.1, 0.15) is 13.8 Å². The molecule has 6 heteroatoms. The molecule has 0 amide bonds. The van der Waals surface area contributed by atoms with E-state index >= 15 is 0 Å². The molecule has 0 saturated heterocycles. The van der Waals surface area contributed by atoms with Crippen LogP contribution in [-0.2, 0) is 9.53 Å². The van der Waals surface area contributed by atoms with Crippen LogP contribution in [0.4, 0.5) is 0 Å². The maximum Gasteiger partial charge on any atom is 0.347 e. The highest BCUT2D eigenvalue weighted by molar-refractivity contribution is 5.74. The maximum atomic E-state index is 11.8. The van der Waals surface area contributed by atoms with Crippen LogP contribution in [0.15, 0.2) is 47.3 Å². The van der Waals surface area contributed by atoms with Gasteiger partial charge in [0.05, 0.1) is 12.3 Å². The van der Waals surface area contributed by atoms with Gasteiger partial charge >= 0.3 is 5.97 Å². The van der Waals surface area contributed by atoms with Gasteiger partial charge in [0, 0.05) is 12.1 Å². The highest BCUT2D eigenvalue weighted by Crippen LogP contribution is 2.09. The van der Waals surface area contributed by atoms with Gasteiger partial charge in [0.25, 0.3) is 5.56 Å². The van der Waals surface area contributed by atoms with Crippen molar-refractivity contribution >= 4 is 5.97 Å². The summed E-state index contributed by atoms with van der Waals surface area (Å²) in [6.45, 7) is 3.57. The van der Waals surface area contributed by atoms with Crippen molar-refractivity contribution in [3.63, 3.8) is 0 Å². The highest BCUT2D eigenvalue weighted by Gasteiger charge is 2.16. The first-order valence-electron chi connectivity index (χ1n) is 6.61. The Morgan fingerprint density at radius 3 is 2.62 bits per heavy atom. The third-order valence-corrected chi connectivity index (χ3v) is 2.69. The molecule has 1 atom stereocenters. The van der Waals surface area contributed by atoms with Gasteiger partial charge in [0.1, 0.15) is 0 Å². The first-order chi connectivity index (χ1) is 10.1. The number of nitrogens with zero attached hydrogens (tertiary/aromatic N) is 2. The van der Waals surface area contributed by atoms with E-state index in [0.717, 1.165) is 0 Å². The smallest absolute Gasteiger partial charge is 0.347 e. The summed E-state index contributed by atoms with van der Waals surface area (Å²) in [4.78, 5) is 23.4. The molecule has 2 rings (SSSR count). The third kappa shape index (κ3) is 3.68. The summed E-state index contributed by atoms with van der Waals surface area (Å²) in [7, 11) is 0. The number of benzene rings is 1. The van der Waals surface area contributed by atoms with Crippen LogP contribution in [-0.4, -0.2) is 28.5 Å². The molecule has 0 N–H and O–H groups in total. The van der Waals surface area contributed by atoms with E-state index in [9.17, 15) is 9.59 Å². The summed E-state index contributed by atoms with van der Waals surface area (Å²) in [5, 5.41) is 4.10. The number of hydrogen-bond donors (Lipinski definition) is 0. The van der Waals surface area contributed by atoms with Crippen LogP contribution in [0.5, 0.6) is 5.88 Å². The van der Waals surface area contributed by atoms with Crippen molar-refractivity contribution in [2.24, 2.45) is 0 Å². The minimum absolute atomic E-state index is 0.180. The third-order valence-electron chi connectivity index (χ3n) is 2.69. The van der Waals surface area contributed by atoms with E-state index < -0.39 is 12.1 Å². The van der Waals surface area contributed by atoms with Gasteiger partial charge in [-0.05, 0) is 26.0 Å². The number of carbonyl (C=O) groups is 1. The maximum absolute atomic E-state index is 11.8. The Bertz CT molecular complexity index is 667. The van der Waals surface area contributed by atoms with Crippen LogP contribution in [0.3, 0.4) is 0 Å². The van der Waals surface area contributed by atoms with E-state index in [1.54, 1.807) is 38.1 Å². The molecular weight excluding hydrogens is 272 g/mol. The largest absolute Gasteiger partial charge is 0.463 e. The van der Waals surface area contributed by atoms with Gasteiger partial charge in [-0.25, -0.2) is 4.79 Å². The predicted octanol–water partition coefficient (Wildman–Crippen LogP) is 1.56. The monoisotopic (exact) mass is 288 g/mol. The van der Waals surface area contributed by atoms with Crippen molar-refractivity contribution < 1.29 is 14.3 Å². The number of para-hydroxylation sites is 1. The van der Waals surface area contributed by atoms with E-state index in [1.807, 2.05) is 6.07 Å². The molecule has 0 radical (unpaired) electrons. The molecule has 0 spiro atoms. The molecule has 0 aliphatic heterocycles. The van der Waals surface area contributed by atoms with Crippen molar-refractivity contribution in [2.75, 3.05) is 6.61 Å². The molecule has 110 valence electrons. The molecule has 0 aliphatic carbocycles. The van der Waals surface area contributed by atoms with Gasteiger partial charge in [-0.3, -0.25) is 4.79 Å².